The minimum Gasteiger partial charge on any atom is -0.465 e. The van der Waals surface area contributed by atoms with Crippen molar-refractivity contribution in [3.63, 3.8) is 0 Å². The van der Waals surface area contributed by atoms with Gasteiger partial charge < -0.3 is 15.0 Å². The lowest BCUT2D eigenvalue weighted by Crippen LogP contribution is -2.24. The third-order valence-electron chi connectivity index (χ3n) is 2.90. The Morgan fingerprint density at radius 1 is 1.30 bits per heavy atom. The molecule has 1 atom stereocenters. The van der Waals surface area contributed by atoms with Crippen LogP contribution in [0.4, 0.5) is 5.69 Å². The first-order valence-corrected chi connectivity index (χ1v) is 7.59. The SMILES string of the molecule is COC(=O)c1ccccc1NC(=O)C(C)Sc1nccc(=O)[nH]1. The molecular formula is C15H15N3O4S. The van der Waals surface area contributed by atoms with Crippen LogP contribution in [-0.4, -0.2) is 34.2 Å². The van der Waals surface area contributed by atoms with E-state index in [1.807, 2.05) is 0 Å². The number of anilines is 1. The molecule has 0 aliphatic carbocycles. The molecule has 0 aliphatic rings. The lowest BCUT2D eigenvalue weighted by Gasteiger charge is -2.13. The average Bonchev–Trinajstić information content (AvgIpc) is 2.54. The average molecular weight is 333 g/mol. The van der Waals surface area contributed by atoms with E-state index in [2.05, 4.69) is 20.0 Å². The van der Waals surface area contributed by atoms with E-state index in [4.69, 9.17) is 0 Å². The first-order valence-electron chi connectivity index (χ1n) is 6.71. The van der Waals surface area contributed by atoms with E-state index in [0.717, 1.165) is 11.8 Å². The van der Waals surface area contributed by atoms with E-state index in [9.17, 15) is 14.4 Å². The number of esters is 1. The van der Waals surface area contributed by atoms with E-state index in [0.29, 0.717) is 10.8 Å². The van der Waals surface area contributed by atoms with Crippen LogP contribution in [0.2, 0.25) is 0 Å². The van der Waals surface area contributed by atoms with E-state index in [1.165, 1.54) is 19.4 Å². The Balaban J connectivity index is 2.10. The Kier molecular flexibility index (Phi) is 5.53. The standard InChI is InChI=1S/C15H15N3O4S/c1-9(23-15-16-8-7-12(19)18-15)13(20)17-11-6-4-3-5-10(11)14(21)22-2/h3-9H,1-2H3,(H,17,20)(H,16,18,19). The quantitative estimate of drug-likeness (QED) is 0.490. The fraction of sp³-hybridized carbons (Fsp3) is 0.200. The molecule has 0 aliphatic heterocycles. The maximum Gasteiger partial charge on any atom is 0.339 e. The van der Waals surface area contributed by atoms with E-state index < -0.39 is 11.2 Å². The van der Waals surface area contributed by atoms with Gasteiger partial charge in [0.05, 0.1) is 23.6 Å². The van der Waals surface area contributed by atoms with Gasteiger partial charge in [0, 0.05) is 12.3 Å². The molecule has 7 nitrogen and oxygen atoms in total. The van der Waals surface area contributed by atoms with E-state index >= 15 is 0 Å². The number of hydrogen-bond acceptors (Lipinski definition) is 6. The summed E-state index contributed by atoms with van der Waals surface area (Å²) < 4.78 is 4.68. The van der Waals surface area contributed by atoms with Crippen LogP contribution in [-0.2, 0) is 9.53 Å². The van der Waals surface area contributed by atoms with Crippen LogP contribution in [0.5, 0.6) is 0 Å². The monoisotopic (exact) mass is 333 g/mol. The highest BCUT2D eigenvalue weighted by molar-refractivity contribution is 8.00. The lowest BCUT2D eigenvalue weighted by molar-refractivity contribution is -0.115. The van der Waals surface area contributed by atoms with E-state index in [-0.39, 0.29) is 17.0 Å². The van der Waals surface area contributed by atoms with Crippen molar-refractivity contribution in [1.82, 2.24) is 9.97 Å². The zero-order chi connectivity index (χ0) is 16.8. The molecule has 1 aromatic heterocycles. The number of nitrogens with zero attached hydrogens (tertiary/aromatic N) is 1. The second-order valence-electron chi connectivity index (χ2n) is 4.53. The van der Waals surface area contributed by atoms with Gasteiger partial charge in [-0.2, -0.15) is 0 Å². The number of hydrogen-bond donors (Lipinski definition) is 2. The molecule has 23 heavy (non-hydrogen) atoms. The van der Waals surface area contributed by atoms with Crippen molar-refractivity contribution in [2.75, 3.05) is 12.4 Å². The van der Waals surface area contributed by atoms with Crippen molar-refractivity contribution in [2.45, 2.75) is 17.3 Å². The number of carbonyl (C=O) groups excluding carboxylic acids is 2. The van der Waals surface area contributed by atoms with Crippen molar-refractivity contribution in [3.8, 4) is 0 Å². The molecule has 8 heteroatoms. The summed E-state index contributed by atoms with van der Waals surface area (Å²) in [6.45, 7) is 1.67. The van der Waals surface area contributed by atoms with Crippen molar-refractivity contribution in [3.05, 3.63) is 52.4 Å². The fourth-order valence-corrected chi connectivity index (χ4v) is 2.53. The molecule has 1 unspecified atom stereocenters. The third-order valence-corrected chi connectivity index (χ3v) is 3.89. The van der Waals surface area contributed by atoms with Crippen molar-refractivity contribution < 1.29 is 14.3 Å². The maximum absolute atomic E-state index is 12.3. The maximum atomic E-state index is 12.3. The number of amides is 1. The van der Waals surface area contributed by atoms with Crippen molar-refractivity contribution in [1.29, 1.82) is 0 Å². The smallest absolute Gasteiger partial charge is 0.339 e. The number of ether oxygens (including phenoxy) is 1. The van der Waals surface area contributed by atoms with Gasteiger partial charge in [0.25, 0.3) is 5.56 Å². The largest absolute Gasteiger partial charge is 0.465 e. The molecular weight excluding hydrogens is 318 g/mol. The van der Waals surface area contributed by atoms with Crippen molar-refractivity contribution in [2.24, 2.45) is 0 Å². The number of rotatable bonds is 5. The first-order chi connectivity index (χ1) is 11.0. The molecule has 0 saturated heterocycles. The van der Waals surface area contributed by atoms with Crippen LogP contribution in [0.3, 0.4) is 0 Å². The second-order valence-corrected chi connectivity index (χ2v) is 5.86. The molecule has 2 aromatic rings. The predicted octanol–water partition coefficient (Wildman–Crippen LogP) is 1.68. The number of thioether (sulfide) groups is 1. The Bertz CT molecular complexity index is 775. The van der Waals surface area contributed by atoms with Gasteiger partial charge in [-0.25, -0.2) is 9.78 Å². The van der Waals surface area contributed by atoms with Crippen LogP contribution in [0.1, 0.15) is 17.3 Å². The third kappa shape index (κ3) is 4.43. The number of carbonyl (C=O) groups is 2. The molecule has 0 fully saturated rings. The highest BCUT2D eigenvalue weighted by atomic mass is 32.2. The van der Waals surface area contributed by atoms with Crippen LogP contribution in [0.25, 0.3) is 0 Å². The number of methoxy groups -OCH3 is 1. The molecule has 2 rings (SSSR count). The minimum absolute atomic E-state index is 0.270. The van der Waals surface area contributed by atoms with E-state index in [1.54, 1.807) is 31.2 Å². The highest BCUT2D eigenvalue weighted by Crippen LogP contribution is 2.21. The number of H-pyrrole nitrogens is 1. The summed E-state index contributed by atoms with van der Waals surface area (Å²) in [5.74, 6) is -0.854. The zero-order valence-corrected chi connectivity index (χ0v) is 13.3. The number of benzene rings is 1. The number of nitrogens with one attached hydrogen (secondary N) is 2. The van der Waals surface area contributed by atoms with Crippen molar-refractivity contribution >= 4 is 29.3 Å². The summed E-state index contributed by atoms with van der Waals surface area (Å²) in [4.78, 5) is 41.7. The van der Waals surface area contributed by atoms with Gasteiger partial charge in [0.1, 0.15) is 0 Å². The second kappa shape index (κ2) is 7.59. The van der Waals surface area contributed by atoms with Gasteiger partial charge in [-0.15, -0.1) is 0 Å². The summed E-state index contributed by atoms with van der Waals surface area (Å²) in [6, 6.07) is 7.86. The normalized spacial score (nSPS) is 11.6. The number of aromatic nitrogens is 2. The molecule has 1 aromatic carbocycles. The fourth-order valence-electron chi connectivity index (χ4n) is 1.75. The minimum atomic E-state index is -0.532. The Morgan fingerprint density at radius 2 is 2.04 bits per heavy atom. The summed E-state index contributed by atoms with van der Waals surface area (Å²) in [6.07, 6.45) is 1.37. The Morgan fingerprint density at radius 3 is 2.74 bits per heavy atom. The van der Waals surface area contributed by atoms with Gasteiger partial charge in [-0.3, -0.25) is 9.59 Å². The molecule has 0 spiro atoms. The first kappa shape index (κ1) is 16.8. The summed E-state index contributed by atoms with van der Waals surface area (Å²) in [5.41, 5.74) is 0.351. The topological polar surface area (TPSA) is 101 Å². The Hall–Kier alpha value is -2.61. The van der Waals surface area contributed by atoms with Crippen LogP contribution in [0.15, 0.2) is 46.5 Å². The molecule has 120 valence electrons. The van der Waals surface area contributed by atoms with Crippen LogP contribution < -0.4 is 10.9 Å². The molecule has 0 saturated carbocycles. The van der Waals surface area contributed by atoms with Gasteiger partial charge >= 0.3 is 5.97 Å². The van der Waals surface area contributed by atoms with Gasteiger partial charge in [-0.05, 0) is 19.1 Å². The molecule has 1 heterocycles. The van der Waals surface area contributed by atoms with Gasteiger partial charge in [0.2, 0.25) is 5.91 Å². The summed E-state index contributed by atoms with van der Waals surface area (Å²) in [7, 11) is 1.27. The van der Waals surface area contributed by atoms with Crippen LogP contribution >= 0.6 is 11.8 Å². The lowest BCUT2D eigenvalue weighted by atomic mass is 10.2. The highest BCUT2D eigenvalue weighted by Gasteiger charge is 2.19. The molecule has 1 amide bonds. The summed E-state index contributed by atoms with van der Waals surface area (Å²) >= 11 is 1.11. The van der Waals surface area contributed by atoms with Gasteiger partial charge in [-0.1, -0.05) is 23.9 Å². The zero-order valence-electron chi connectivity index (χ0n) is 12.5. The number of para-hydroxylation sites is 1. The molecule has 2 N–H and O–H groups in total. The number of aromatic amines is 1. The Labute approximate surface area is 136 Å². The summed E-state index contributed by atoms with van der Waals surface area (Å²) in [5, 5.41) is 2.51. The van der Waals surface area contributed by atoms with Gasteiger partial charge in [0.15, 0.2) is 5.16 Å². The molecule has 0 bridgehead atoms. The van der Waals surface area contributed by atoms with Crippen LogP contribution in [0, 0.1) is 0 Å². The molecule has 0 radical (unpaired) electrons. The predicted molar refractivity (Wildman–Crippen MR) is 86.6 cm³/mol.